The number of nitrogens with zero attached hydrogens (tertiary/aromatic N) is 6. The maximum atomic E-state index is 12.0. The molecule has 1 unspecified atom stereocenters. The molecule has 1 N–H and O–H groups in total. The molecule has 3 aromatic rings. The smallest absolute Gasteiger partial charge is 0.267 e. The Labute approximate surface area is 163 Å². The van der Waals surface area contributed by atoms with Gasteiger partial charge in [-0.15, -0.1) is 0 Å². The van der Waals surface area contributed by atoms with E-state index in [0.717, 1.165) is 43.1 Å². The second kappa shape index (κ2) is 7.92. The van der Waals surface area contributed by atoms with Gasteiger partial charge in [-0.3, -0.25) is 9.78 Å². The maximum Gasteiger partial charge on any atom is 0.267 e. The van der Waals surface area contributed by atoms with Gasteiger partial charge in [0.05, 0.1) is 6.04 Å². The molecule has 1 saturated heterocycles. The van der Waals surface area contributed by atoms with E-state index in [1.165, 1.54) is 6.42 Å². The minimum Gasteiger partial charge on any atom is -0.368 e. The first-order valence-electron chi connectivity index (χ1n) is 9.80. The van der Waals surface area contributed by atoms with Crippen LogP contribution in [0.25, 0.3) is 11.2 Å². The first-order valence-corrected chi connectivity index (χ1v) is 9.80. The van der Waals surface area contributed by atoms with E-state index in [2.05, 4.69) is 30.3 Å². The van der Waals surface area contributed by atoms with E-state index in [1.54, 1.807) is 23.1 Å². The van der Waals surface area contributed by atoms with E-state index in [4.69, 9.17) is 0 Å². The average Bonchev–Trinajstić information content (AvgIpc) is 2.72. The molecule has 4 heterocycles. The van der Waals surface area contributed by atoms with Crippen LogP contribution >= 0.6 is 0 Å². The van der Waals surface area contributed by atoms with Crippen LogP contribution < -0.4 is 15.8 Å². The Morgan fingerprint density at radius 2 is 2.00 bits per heavy atom. The number of hydrogen-bond acceptors (Lipinski definition) is 7. The number of nitrogens with one attached hydrogen (secondary N) is 1. The van der Waals surface area contributed by atoms with Gasteiger partial charge in [0.2, 0.25) is 0 Å². The second-order valence-electron chi connectivity index (χ2n) is 7.39. The highest BCUT2D eigenvalue weighted by Crippen LogP contribution is 2.23. The van der Waals surface area contributed by atoms with Crippen LogP contribution in [0.2, 0.25) is 0 Å². The van der Waals surface area contributed by atoms with E-state index < -0.39 is 0 Å². The fraction of sp³-hybridized carbons (Fsp3) is 0.450. The lowest BCUT2D eigenvalue weighted by Crippen LogP contribution is -2.45. The quantitative estimate of drug-likeness (QED) is 0.729. The SMILES string of the molecule is CC(C)n1nc(N2CCCCC2CNc2ccc3nccnc3n2)ccc1=O. The number of fused-ring (bicyclic) bond motifs is 1. The van der Waals surface area contributed by atoms with E-state index in [1.807, 2.05) is 32.0 Å². The molecule has 4 rings (SSSR count). The summed E-state index contributed by atoms with van der Waals surface area (Å²) in [5.41, 5.74) is 1.36. The number of pyridine rings is 1. The van der Waals surface area contributed by atoms with Gasteiger partial charge in [0.15, 0.2) is 5.65 Å². The van der Waals surface area contributed by atoms with Gasteiger partial charge in [0.25, 0.3) is 5.56 Å². The lowest BCUT2D eigenvalue weighted by Gasteiger charge is -2.37. The minimum absolute atomic E-state index is 0.0386. The second-order valence-corrected chi connectivity index (χ2v) is 7.39. The van der Waals surface area contributed by atoms with E-state index in [9.17, 15) is 4.79 Å². The molecule has 0 aromatic carbocycles. The predicted octanol–water partition coefficient (Wildman–Crippen LogP) is 2.63. The summed E-state index contributed by atoms with van der Waals surface area (Å²) in [6.07, 6.45) is 6.70. The molecule has 1 atom stereocenters. The molecular weight excluding hydrogens is 354 g/mol. The van der Waals surface area contributed by atoms with Crippen LogP contribution in [0.5, 0.6) is 0 Å². The van der Waals surface area contributed by atoms with E-state index in [-0.39, 0.29) is 11.6 Å². The molecule has 0 aliphatic carbocycles. The summed E-state index contributed by atoms with van der Waals surface area (Å²) in [7, 11) is 0. The Hall–Kier alpha value is -3.03. The monoisotopic (exact) mass is 379 g/mol. The Balaban J connectivity index is 1.52. The summed E-state index contributed by atoms with van der Waals surface area (Å²) in [6.45, 7) is 5.64. The zero-order chi connectivity index (χ0) is 19.5. The molecule has 1 aliphatic heterocycles. The summed E-state index contributed by atoms with van der Waals surface area (Å²) in [6, 6.07) is 7.64. The number of rotatable bonds is 5. The van der Waals surface area contributed by atoms with Crippen molar-refractivity contribution < 1.29 is 0 Å². The van der Waals surface area contributed by atoms with Gasteiger partial charge in [0, 0.05) is 37.6 Å². The van der Waals surface area contributed by atoms with Gasteiger partial charge in [0.1, 0.15) is 17.2 Å². The summed E-state index contributed by atoms with van der Waals surface area (Å²) in [5.74, 6) is 1.65. The standard InChI is InChI=1S/C20H25N7O/c1-14(2)27-19(28)9-8-18(25-27)26-12-4-3-5-15(26)13-23-17-7-6-16-20(24-17)22-11-10-21-16/h6-11,14-15H,3-5,12-13H2,1-2H3,(H,22,23,24). The van der Waals surface area contributed by atoms with Crippen molar-refractivity contribution in [2.24, 2.45) is 0 Å². The molecule has 0 spiro atoms. The fourth-order valence-corrected chi connectivity index (χ4v) is 3.63. The Kier molecular flexibility index (Phi) is 5.18. The van der Waals surface area contributed by atoms with Crippen LogP contribution in [-0.2, 0) is 0 Å². The lowest BCUT2D eigenvalue weighted by molar-refractivity contribution is 0.451. The maximum absolute atomic E-state index is 12.0. The minimum atomic E-state index is -0.0630. The van der Waals surface area contributed by atoms with Crippen molar-refractivity contribution in [2.75, 3.05) is 23.3 Å². The average molecular weight is 379 g/mol. The molecule has 3 aromatic heterocycles. The van der Waals surface area contributed by atoms with Crippen LogP contribution in [0.3, 0.4) is 0 Å². The third-order valence-corrected chi connectivity index (χ3v) is 5.07. The third kappa shape index (κ3) is 3.81. The predicted molar refractivity (Wildman–Crippen MR) is 110 cm³/mol. The van der Waals surface area contributed by atoms with E-state index in [0.29, 0.717) is 11.7 Å². The van der Waals surface area contributed by atoms with Crippen molar-refractivity contribution in [3.63, 3.8) is 0 Å². The Bertz CT molecular complexity index is 1020. The number of aromatic nitrogens is 5. The number of hydrogen-bond donors (Lipinski definition) is 1. The highest BCUT2D eigenvalue weighted by atomic mass is 16.1. The molecule has 0 saturated carbocycles. The Morgan fingerprint density at radius 1 is 1.14 bits per heavy atom. The number of anilines is 2. The van der Waals surface area contributed by atoms with Crippen molar-refractivity contribution in [3.8, 4) is 0 Å². The van der Waals surface area contributed by atoms with Crippen LogP contribution in [-0.4, -0.2) is 43.9 Å². The van der Waals surface area contributed by atoms with Crippen LogP contribution in [0.4, 0.5) is 11.6 Å². The van der Waals surface area contributed by atoms with Gasteiger partial charge in [-0.1, -0.05) is 0 Å². The zero-order valence-electron chi connectivity index (χ0n) is 16.2. The molecule has 8 nitrogen and oxygen atoms in total. The van der Waals surface area contributed by atoms with E-state index >= 15 is 0 Å². The van der Waals surface area contributed by atoms with Gasteiger partial charge in [-0.25, -0.2) is 14.6 Å². The van der Waals surface area contributed by atoms with Crippen LogP contribution in [0.1, 0.15) is 39.2 Å². The van der Waals surface area contributed by atoms with Crippen LogP contribution in [0.15, 0.2) is 41.5 Å². The molecule has 1 aliphatic rings. The topological polar surface area (TPSA) is 88.8 Å². The molecule has 0 bridgehead atoms. The lowest BCUT2D eigenvalue weighted by atomic mass is 10.0. The first-order chi connectivity index (χ1) is 13.6. The van der Waals surface area contributed by atoms with Gasteiger partial charge in [-0.2, -0.15) is 5.10 Å². The molecule has 28 heavy (non-hydrogen) atoms. The van der Waals surface area contributed by atoms with Crippen molar-refractivity contribution in [3.05, 3.63) is 47.0 Å². The summed E-state index contributed by atoms with van der Waals surface area (Å²) >= 11 is 0. The fourth-order valence-electron chi connectivity index (χ4n) is 3.63. The van der Waals surface area contributed by atoms with Crippen molar-refractivity contribution in [1.29, 1.82) is 0 Å². The van der Waals surface area contributed by atoms with Crippen LogP contribution in [0, 0.1) is 0 Å². The summed E-state index contributed by atoms with van der Waals surface area (Å²) in [4.78, 5) is 27.4. The third-order valence-electron chi connectivity index (χ3n) is 5.07. The molecule has 1 fully saturated rings. The number of piperidine rings is 1. The largest absolute Gasteiger partial charge is 0.368 e. The van der Waals surface area contributed by atoms with Gasteiger partial charge in [-0.05, 0) is 51.3 Å². The van der Waals surface area contributed by atoms with Crippen molar-refractivity contribution in [2.45, 2.75) is 45.2 Å². The molecule has 0 radical (unpaired) electrons. The Morgan fingerprint density at radius 3 is 2.86 bits per heavy atom. The molecule has 146 valence electrons. The highest BCUT2D eigenvalue weighted by molar-refractivity contribution is 5.71. The molecule has 0 amide bonds. The zero-order valence-corrected chi connectivity index (χ0v) is 16.2. The normalized spacial score (nSPS) is 17.2. The summed E-state index contributed by atoms with van der Waals surface area (Å²) in [5, 5.41) is 8.05. The van der Waals surface area contributed by atoms with Crippen molar-refractivity contribution in [1.82, 2.24) is 24.7 Å². The first kappa shape index (κ1) is 18.3. The summed E-state index contributed by atoms with van der Waals surface area (Å²) < 4.78 is 1.55. The highest BCUT2D eigenvalue weighted by Gasteiger charge is 2.24. The van der Waals surface area contributed by atoms with Gasteiger partial charge < -0.3 is 10.2 Å². The molecule has 8 heteroatoms. The van der Waals surface area contributed by atoms with Crippen molar-refractivity contribution >= 4 is 22.8 Å². The van der Waals surface area contributed by atoms with Gasteiger partial charge >= 0.3 is 0 Å². The molecular formula is C20H25N7O.